The van der Waals surface area contributed by atoms with Gasteiger partial charge in [0.15, 0.2) is 5.60 Å². The van der Waals surface area contributed by atoms with E-state index < -0.39 is 11.7 Å². The highest BCUT2D eigenvalue weighted by Gasteiger charge is 2.49. The average molecular weight is 442 g/mol. The summed E-state index contributed by atoms with van der Waals surface area (Å²) in [7, 11) is 0. The Bertz CT molecular complexity index is 1050. The van der Waals surface area contributed by atoms with Gasteiger partial charge in [-0.2, -0.15) is 0 Å². The van der Waals surface area contributed by atoms with Crippen LogP contribution in [-0.2, 0) is 21.6 Å². The lowest BCUT2D eigenvalue weighted by molar-refractivity contribution is -0.148. The van der Waals surface area contributed by atoms with Crippen LogP contribution in [-0.4, -0.2) is 42.2 Å². The van der Waals surface area contributed by atoms with Crippen molar-refractivity contribution in [3.63, 3.8) is 0 Å². The second kappa shape index (κ2) is 9.50. The van der Waals surface area contributed by atoms with Crippen molar-refractivity contribution in [1.82, 2.24) is 4.90 Å². The van der Waals surface area contributed by atoms with Gasteiger partial charge in [0, 0.05) is 6.54 Å². The molecule has 1 fully saturated rings. The zero-order valence-corrected chi connectivity index (χ0v) is 18.9. The molecule has 1 unspecified atom stereocenters. The van der Waals surface area contributed by atoms with Gasteiger partial charge in [-0.05, 0) is 72.5 Å². The highest BCUT2D eigenvalue weighted by molar-refractivity contribution is 5.80. The van der Waals surface area contributed by atoms with Gasteiger partial charge < -0.3 is 14.7 Å². The molecule has 1 heterocycles. The second-order valence-electron chi connectivity index (χ2n) is 9.38. The van der Waals surface area contributed by atoms with Gasteiger partial charge in [-0.1, -0.05) is 78.9 Å². The largest absolute Gasteiger partial charge is 0.461 e. The van der Waals surface area contributed by atoms with Crippen LogP contribution in [0.25, 0.3) is 11.1 Å². The summed E-state index contributed by atoms with van der Waals surface area (Å²) >= 11 is 0. The van der Waals surface area contributed by atoms with Gasteiger partial charge in [0.2, 0.25) is 0 Å². The number of hydrogen-bond donors (Lipinski definition) is 1. The third-order valence-electron chi connectivity index (χ3n) is 7.28. The molecule has 5 rings (SSSR count). The van der Waals surface area contributed by atoms with E-state index in [0.717, 1.165) is 48.3 Å². The number of carbonyl (C=O) groups is 1. The first-order chi connectivity index (χ1) is 16.2. The first kappa shape index (κ1) is 21.9. The first-order valence-electron chi connectivity index (χ1n) is 12.0. The molecule has 1 N–H and O–H groups in total. The Balaban J connectivity index is 1.50. The molecule has 3 aromatic carbocycles. The lowest BCUT2D eigenvalue weighted by atomic mass is 9.80. The van der Waals surface area contributed by atoms with Crippen molar-refractivity contribution in [1.29, 1.82) is 0 Å². The molecule has 2 aliphatic rings. The number of rotatable bonds is 9. The van der Waals surface area contributed by atoms with E-state index in [0.29, 0.717) is 12.9 Å². The Morgan fingerprint density at radius 3 is 2.06 bits per heavy atom. The molecule has 1 aliphatic heterocycles. The van der Waals surface area contributed by atoms with Crippen LogP contribution in [0, 0.1) is 5.92 Å². The molecule has 4 nitrogen and oxygen atoms in total. The van der Waals surface area contributed by atoms with E-state index in [4.69, 9.17) is 4.74 Å². The summed E-state index contributed by atoms with van der Waals surface area (Å²) in [6, 6.07) is 26.3. The normalized spacial score (nSPS) is 18.3. The summed E-state index contributed by atoms with van der Waals surface area (Å²) in [6.07, 6.45) is 3.27. The second-order valence-corrected chi connectivity index (χ2v) is 9.38. The molecular formula is C29H31NO3. The summed E-state index contributed by atoms with van der Waals surface area (Å²) < 4.78 is 5.73. The standard InChI is InChI=1S/C29H31NO3/c31-21-33-28(19-23(20-30-16-8-9-17-30)18-22-10-2-1-3-11-22)29(32)26-14-6-4-12-24(26)25-13-5-7-15-27(25)29/h1-7,10-15,21,23,28,32H,8-9,16-20H2/t23-,28?/m1/s1. The van der Waals surface area contributed by atoms with Crippen molar-refractivity contribution < 1.29 is 14.6 Å². The van der Waals surface area contributed by atoms with Gasteiger partial charge in [0.25, 0.3) is 6.47 Å². The predicted octanol–water partition coefficient (Wildman–Crippen LogP) is 4.79. The number of likely N-dealkylation sites (tertiary alicyclic amines) is 1. The molecule has 170 valence electrons. The Morgan fingerprint density at radius 1 is 0.879 bits per heavy atom. The number of hydrogen-bond acceptors (Lipinski definition) is 4. The molecular weight excluding hydrogens is 410 g/mol. The van der Waals surface area contributed by atoms with Gasteiger partial charge in [-0.3, -0.25) is 4.79 Å². The van der Waals surface area contributed by atoms with Crippen molar-refractivity contribution in [2.75, 3.05) is 19.6 Å². The number of fused-ring (bicyclic) bond motifs is 3. The minimum atomic E-state index is -1.37. The summed E-state index contributed by atoms with van der Waals surface area (Å²) in [5.74, 6) is 0.249. The van der Waals surface area contributed by atoms with Crippen LogP contribution in [0.1, 0.15) is 36.0 Å². The lowest BCUT2D eigenvalue weighted by Crippen LogP contribution is -2.43. The van der Waals surface area contributed by atoms with Crippen LogP contribution in [0.5, 0.6) is 0 Å². The maximum Gasteiger partial charge on any atom is 0.293 e. The Labute approximate surface area is 195 Å². The molecule has 0 bridgehead atoms. The summed E-state index contributed by atoms with van der Waals surface area (Å²) in [4.78, 5) is 14.2. The maximum atomic E-state index is 12.3. The molecule has 33 heavy (non-hydrogen) atoms. The number of aliphatic hydroxyl groups is 1. The number of ether oxygens (including phenoxy) is 1. The topological polar surface area (TPSA) is 49.8 Å². The Hall–Kier alpha value is -2.95. The van der Waals surface area contributed by atoms with E-state index in [9.17, 15) is 9.90 Å². The smallest absolute Gasteiger partial charge is 0.293 e. The lowest BCUT2D eigenvalue weighted by Gasteiger charge is -2.36. The van der Waals surface area contributed by atoms with E-state index >= 15 is 0 Å². The molecule has 1 saturated heterocycles. The van der Waals surface area contributed by atoms with Crippen molar-refractivity contribution >= 4 is 6.47 Å². The quantitative estimate of drug-likeness (QED) is 0.485. The Morgan fingerprint density at radius 2 is 1.45 bits per heavy atom. The molecule has 0 spiro atoms. The van der Waals surface area contributed by atoms with Gasteiger partial charge >= 0.3 is 0 Å². The van der Waals surface area contributed by atoms with Gasteiger partial charge in [0.05, 0.1) is 0 Å². The summed E-state index contributed by atoms with van der Waals surface area (Å²) in [5, 5.41) is 12.3. The van der Waals surface area contributed by atoms with Crippen molar-refractivity contribution in [2.45, 2.75) is 37.4 Å². The molecule has 0 radical (unpaired) electrons. The third kappa shape index (κ3) is 4.21. The summed E-state index contributed by atoms with van der Waals surface area (Å²) in [6.45, 7) is 3.66. The fourth-order valence-electron chi connectivity index (χ4n) is 5.79. The van der Waals surface area contributed by atoms with Crippen LogP contribution < -0.4 is 0 Å². The molecule has 0 amide bonds. The average Bonchev–Trinajstić information content (AvgIpc) is 3.45. The monoisotopic (exact) mass is 441 g/mol. The van der Waals surface area contributed by atoms with E-state index in [1.165, 1.54) is 18.4 Å². The van der Waals surface area contributed by atoms with Crippen LogP contribution in [0.4, 0.5) is 0 Å². The van der Waals surface area contributed by atoms with Gasteiger partial charge in [0.1, 0.15) is 6.10 Å². The highest BCUT2D eigenvalue weighted by atomic mass is 16.5. The molecule has 0 aromatic heterocycles. The number of nitrogens with zero attached hydrogens (tertiary/aromatic N) is 1. The first-order valence-corrected chi connectivity index (χ1v) is 12.0. The zero-order valence-electron chi connectivity index (χ0n) is 18.9. The van der Waals surface area contributed by atoms with E-state index in [1.54, 1.807) is 0 Å². The molecule has 0 saturated carbocycles. The van der Waals surface area contributed by atoms with E-state index in [2.05, 4.69) is 29.2 Å². The van der Waals surface area contributed by atoms with Crippen molar-refractivity contribution in [3.8, 4) is 11.1 Å². The molecule has 2 atom stereocenters. The Kier molecular flexibility index (Phi) is 6.30. The third-order valence-corrected chi connectivity index (χ3v) is 7.28. The minimum absolute atomic E-state index is 0.249. The zero-order chi connectivity index (χ0) is 22.7. The van der Waals surface area contributed by atoms with Crippen LogP contribution >= 0.6 is 0 Å². The summed E-state index contributed by atoms with van der Waals surface area (Å²) in [5.41, 5.74) is 3.55. The fraction of sp³-hybridized carbons (Fsp3) is 0.345. The highest BCUT2D eigenvalue weighted by Crippen LogP contribution is 2.50. The molecule has 3 aromatic rings. The molecule has 1 aliphatic carbocycles. The minimum Gasteiger partial charge on any atom is -0.461 e. The van der Waals surface area contributed by atoms with Gasteiger partial charge in [-0.25, -0.2) is 0 Å². The van der Waals surface area contributed by atoms with Crippen LogP contribution in [0.3, 0.4) is 0 Å². The SMILES string of the molecule is O=COC(C[C@@H](Cc1ccccc1)CN1CCCC1)C1(O)c2ccccc2-c2ccccc21. The molecule has 4 heteroatoms. The van der Waals surface area contributed by atoms with Crippen LogP contribution in [0.2, 0.25) is 0 Å². The fourth-order valence-corrected chi connectivity index (χ4v) is 5.79. The predicted molar refractivity (Wildman–Crippen MR) is 130 cm³/mol. The number of carbonyl (C=O) groups excluding carboxylic acids is 1. The maximum absolute atomic E-state index is 12.3. The van der Waals surface area contributed by atoms with Crippen molar-refractivity contribution in [3.05, 3.63) is 95.6 Å². The van der Waals surface area contributed by atoms with Gasteiger partial charge in [-0.15, -0.1) is 0 Å². The van der Waals surface area contributed by atoms with E-state index in [1.807, 2.05) is 54.6 Å². The van der Waals surface area contributed by atoms with E-state index in [-0.39, 0.29) is 5.92 Å². The number of benzene rings is 3. The van der Waals surface area contributed by atoms with Crippen LogP contribution in [0.15, 0.2) is 78.9 Å². The van der Waals surface area contributed by atoms with Crippen molar-refractivity contribution in [2.24, 2.45) is 5.92 Å².